The Labute approximate surface area is 163 Å². The van der Waals surface area contributed by atoms with Crippen molar-refractivity contribution in [2.75, 3.05) is 38.8 Å². The highest BCUT2D eigenvalue weighted by Gasteiger charge is 2.30. The van der Waals surface area contributed by atoms with Crippen LogP contribution < -0.4 is 14.4 Å². The third-order valence-electron chi connectivity index (χ3n) is 5.21. The van der Waals surface area contributed by atoms with Crippen molar-refractivity contribution in [1.82, 2.24) is 0 Å². The van der Waals surface area contributed by atoms with Gasteiger partial charge >= 0.3 is 0 Å². The fourth-order valence-corrected chi connectivity index (χ4v) is 3.81. The minimum atomic E-state index is -0.339. The zero-order valence-electron chi connectivity index (χ0n) is 15.8. The van der Waals surface area contributed by atoms with Crippen molar-refractivity contribution in [3.05, 3.63) is 69.3 Å². The summed E-state index contributed by atoms with van der Waals surface area (Å²) in [5.74, 6) is 1.50. The molecule has 28 heavy (non-hydrogen) atoms. The first kappa shape index (κ1) is 18.0. The molecule has 7 nitrogen and oxygen atoms in total. The van der Waals surface area contributed by atoms with Gasteiger partial charge in [-0.05, 0) is 23.6 Å². The number of ether oxygens (including phenoxy) is 2. The maximum atomic E-state index is 11.4. The van der Waals surface area contributed by atoms with E-state index >= 15 is 0 Å². The van der Waals surface area contributed by atoms with Gasteiger partial charge in [-0.2, -0.15) is 0 Å². The summed E-state index contributed by atoms with van der Waals surface area (Å²) in [6, 6.07) is 12.7. The molecule has 0 atom stereocenters. The predicted molar refractivity (Wildman–Crippen MR) is 108 cm³/mol. The minimum Gasteiger partial charge on any atom is -0.497 e. The van der Waals surface area contributed by atoms with Crippen LogP contribution in [0.15, 0.2) is 58.6 Å². The lowest BCUT2D eigenvalue weighted by atomic mass is 9.93. The highest BCUT2D eigenvalue weighted by atomic mass is 16.6. The first-order chi connectivity index (χ1) is 13.6. The highest BCUT2D eigenvalue weighted by molar-refractivity contribution is 6.17. The van der Waals surface area contributed by atoms with Crippen molar-refractivity contribution in [3.8, 4) is 11.5 Å². The standard InChI is InChI=1S/C21H21N3O4/c1-27-16-9-15(10-17(11-16)28-2)23-8-7-18-14(13-23)12-22-21(18)19-5-3-4-6-20(19)24(25)26/h3-6,9-11H,7-8,12-13H2,1-2H3. The molecule has 0 saturated carbocycles. The quantitative estimate of drug-likeness (QED) is 0.586. The third-order valence-corrected chi connectivity index (χ3v) is 5.21. The molecule has 0 spiro atoms. The van der Waals surface area contributed by atoms with E-state index in [-0.39, 0.29) is 10.6 Å². The maximum Gasteiger partial charge on any atom is 0.278 e. The van der Waals surface area contributed by atoms with E-state index in [1.54, 1.807) is 26.4 Å². The molecule has 0 amide bonds. The zero-order valence-corrected chi connectivity index (χ0v) is 15.8. The van der Waals surface area contributed by atoms with Crippen LogP contribution in [0.1, 0.15) is 12.0 Å². The topological polar surface area (TPSA) is 77.2 Å². The Morgan fingerprint density at radius 1 is 1.11 bits per heavy atom. The SMILES string of the molecule is COc1cc(OC)cc(N2CCC3=C(CN=C3c3ccccc3[N+](=O)[O-])C2)c1. The molecule has 2 aliphatic rings. The number of anilines is 1. The fourth-order valence-electron chi connectivity index (χ4n) is 3.81. The Kier molecular flexibility index (Phi) is 4.73. The molecule has 2 aromatic rings. The summed E-state index contributed by atoms with van der Waals surface area (Å²) in [7, 11) is 3.28. The molecule has 0 aliphatic carbocycles. The van der Waals surface area contributed by atoms with Crippen molar-refractivity contribution in [2.45, 2.75) is 6.42 Å². The number of rotatable bonds is 5. The fraction of sp³-hybridized carbons (Fsp3) is 0.286. The normalized spacial score (nSPS) is 15.9. The number of nitrogens with zero attached hydrogens (tertiary/aromatic N) is 3. The number of benzene rings is 2. The molecular weight excluding hydrogens is 358 g/mol. The second-order valence-corrected chi connectivity index (χ2v) is 6.76. The van der Waals surface area contributed by atoms with Crippen molar-refractivity contribution in [2.24, 2.45) is 4.99 Å². The van der Waals surface area contributed by atoms with Crippen molar-refractivity contribution < 1.29 is 14.4 Å². The van der Waals surface area contributed by atoms with Crippen LogP contribution in [-0.2, 0) is 0 Å². The first-order valence-electron chi connectivity index (χ1n) is 9.08. The molecule has 0 unspecified atom stereocenters. The number of nitro benzene ring substituents is 1. The van der Waals surface area contributed by atoms with E-state index in [0.717, 1.165) is 48.0 Å². The second kappa shape index (κ2) is 7.34. The van der Waals surface area contributed by atoms with Gasteiger partial charge in [-0.15, -0.1) is 0 Å². The predicted octanol–water partition coefficient (Wildman–Crippen LogP) is 3.62. The van der Waals surface area contributed by atoms with Crippen LogP contribution in [0.25, 0.3) is 0 Å². The van der Waals surface area contributed by atoms with E-state index in [2.05, 4.69) is 9.89 Å². The monoisotopic (exact) mass is 379 g/mol. The number of para-hydroxylation sites is 1. The van der Waals surface area contributed by atoms with Crippen molar-refractivity contribution >= 4 is 17.1 Å². The lowest BCUT2D eigenvalue weighted by Gasteiger charge is -2.31. The molecule has 144 valence electrons. The van der Waals surface area contributed by atoms with Gasteiger partial charge in [-0.25, -0.2) is 0 Å². The summed E-state index contributed by atoms with van der Waals surface area (Å²) in [6.45, 7) is 2.11. The molecule has 0 N–H and O–H groups in total. The lowest BCUT2D eigenvalue weighted by molar-refractivity contribution is -0.385. The van der Waals surface area contributed by atoms with Crippen LogP contribution in [0, 0.1) is 10.1 Å². The van der Waals surface area contributed by atoms with Gasteiger partial charge in [0.15, 0.2) is 0 Å². The molecule has 7 heteroatoms. The minimum absolute atomic E-state index is 0.106. The van der Waals surface area contributed by atoms with Gasteiger partial charge in [-0.1, -0.05) is 12.1 Å². The molecule has 0 bridgehead atoms. The molecule has 2 aliphatic heterocycles. The van der Waals surface area contributed by atoms with E-state index < -0.39 is 0 Å². The summed E-state index contributed by atoms with van der Waals surface area (Å²) >= 11 is 0. The summed E-state index contributed by atoms with van der Waals surface area (Å²) in [6.07, 6.45) is 0.791. The van der Waals surface area contributed by atoms with Gasteiger partial charge in [0.1, 0.15) is 11.5 Å². The smallest absolute Gasteiger partial charge is 0.278 e. The van der Waals surface area contributed by atoms with Gasteiger partial charge in [0, 0.05) is 43.0 Å². The molecule has 0 radical (unpaired) electrons. The van der Waals surface area contributed by atoms with Crippen LogP contribution >= 0.6 is 0 Å². The number of nitro groups is 1. The number of aliphatic imine (C=N–C) groups is 1. The Morgan fingerprint density at radius 3 is 2.50 bits per heavy atom. The maximum absolute atomic E-state index is 11.4. The molecule has 4 rings (SSSR count). The molecule has 2 heterocycles. The number of hydrogen-bond donors (Lipinski definition) is 0. The Morgan fingerprint density at radius 2 is 1.82 bits per heavy atom. The van der Waals surface area contributed by atoms with Gasteiger partial charge in [0.25, 0.3) is 5.69 Å². The lowest BCUT2D eigenvalue weighted by Crippen LogP contribution is -2.32. The van der Waals surface area contributed by atoms with Gasteiger partial charge in [0.2, 0.25) is 0 Å². The molecule has 0 saturated heterocycles. The Balaban J connectivity index is 1.62. The van der Waals surface area contributed by atoms with Crippen LogP contribution in [0.4, 0.5) is 11.4 Å². The van der Waals surface area contributed by atoms with Crippen molar-refractivity contribution in [3.63, 3.8) is 0 Å². The molecule has 0 aromatic heterocycles. The Bertz CT molecular complexity index is 975. The summed E-state index contributed by atoms with van der Waals surface area (Å²) in [4.78, 5) is 18.0. The third kappa shape index (κ3) is 3.19. The average Bonchev–Trinajstić information content (AvgIpc) is 3.16. The van der Waals surface area contributed by atoms with Crippen LogP contribution in [0.5, 0.6) is 11.5 Å². The van der Waals surface area contributed by atoms with E-state index in [9.17, 15) is 10.1 Å². The molecule has 2 aromatic carbocycles. The van der Waals surface area contributed by atoms with E-state index in [4.69, 9.17) is 9.47 Å². The van der Waals surface area contributed by atoms with Crippen LogP contribution in [-0.4, -0.2) is 44.5 Å². The summed E-state index contributed by atoms with van der Waals surface area (Å²) in [5.41, 5.74) is 4.86. The van der Waals surface area contributed by atoms with Gasteiger partial charge in [-0.3, -0.25) is 15.1 Å². The number of methoxy groups -OCH3 is 2. The zero-order chi connectivity index (χ0) is 19.7. The largest absolute Gasteiger partial charge is 0.497 e. The molecular formula is C21H21N3O4. The van der Waals surface area contributed by atoms with Gasteiger partial charge < -0.3 is 14.4 Å². The van der Waals surface area contributed by atoms with Crippen LogP contribution in [0.2, 0.25) is 0 Å². The van der Waals surface area contributed by atoms with Crippen molar-refractivity contribution in [1.29, 1.82) is 0 Å². The first-order valence-corrected chi connectivity index (χ1v) is 9.08. The summed E-state index contributed by atoms with van der Waals surface area (Å²) in [5, 5.41) is 11.4. The van der Waals surface area contributed by atoms with E-state index in [1.807, 2.05) is 24.3 Å². The van der Waals surface area contributed by atoms with Gasteiger partial charge in [0.05, 0.1) is 37.0 Å². The van der Waals surface area contributed by atoms with E-state index in [0.29, 0.717) is 12.1 Å². The second-order valence-electron chi connectivity index (χ2n) is 6.76. The van der Waals surface area contributed by atoms with Crippen LogP contribution in [0.3, 0.4) is 0 Å². The Hall–Kier alpha value is -3.35. The number of hydrogen-bond acceptors (Lipinski definition) is 6. The highest BCUT2D eigenvalue weighted by Crippen LogP contribution is 2.35. The molecule has 0 fully saturated rings. The van der Waals surface area contributed by atoms with E-state index in [1.165, 1.54) is 11.6 Å². The average molecular weight is 379 g/mol. The summed E-state index contributed by atoms with van der Waals surface area (Å²) < 4.78 is 10.8.